The van der Waals surface area contributed by atoms with Gasteiger partial charge in [-0.25, -0.2) is 0 Å². The van der Waals surface area contributed by atoms with Crippen molar-refractivity contribution < 1.29 is 0 Å². The van der Waals surface area contributed by atoms with Crippen LogP contribution in [0.3, 0.4) is 0 Å². The van der Waals surface area contributed by atoms with Gasteiger partial charge in [0.15, 0.2) is 0 Å². The number of hydrogen-bond donors (Lipinski definition) is 1. The van der Waals surface area contributed by atoms with Crippen LogP contribution in [0.5, 0.6) is 0 Å². The molecule has 4 aliphatic rings. The first-order valence-corrected chi connectivity index (χ1v) is 11.8. The number of hydrogen-bond acceptors (Lipinski definition) is 1. The zero-order chi connectivity index (χ0) is 19.7. The SMILES string of the molecule is C=C/C=C(\C=N)CCC(=C)C1CCC2C3CC=C4CCCCC4C3CCC12C. The molecule has 0 amide bonds. The van der Waals surface area contributed by atoms with Gasteiger partial charge in [0, 0.05) is 6.21 Å². The van der Waals surface area contributed by atoms with Crippen LogP contribution in [-0.2, 0) is 0 Å². The Morgan fingerprint density at radius 1 is 1.18 bits per heavy atom. The lowest BCUT2D eigenvalue weighted by molar-refractivity contribution is -0.00564. The molecule has 0 aromatic heterocycles. The normalized spacial score (nSPS) is 40.0. The van der Waals surface area contributed by atoms with E-state index in [2.05, 4.69) is 26.2 Å². The summed E-state index contributed by atoms with van der Waals surface area (Å²) in [5, 5.41) is 7.60. The maximum absolute atomic E-state index is 7.60. The Bertz CT molecular complexity index is 695. The predicted octanol–water partition coefficient (Wildman–Crippen LogP) is 7.66. The van der Waals surface area contributed by atoms with Crippen molar-refractivity contribution in [1.82, 2.24) is 0 Å². The molecule has 152 valence electrons. The fraction of sp³-hybridized carbons (Fsp3) is 0.667. The summed E-state index contributed by atoms with van der Waals surface area (Å²) < 4.78 is 0. The Morgan fingerprint density at radius 3 is 2.82 bits per heavy atom. The maximum atomic E-state index is 7.60. The molecule has 28 heavy (non-hydrogen) atoms. The van der Waals surface area contributed by atoms with Crippen molar-refractivity contribution in [3.63, 3.8) is 0 Å². The van der Waals surface area contributed by atoms with Gasteiger partial charge in [0.2, 0.25) is 0 Å². The second kappa shape index (κ2) is 8.17. The van der Waals surface area contributed by atoms with Gasteiger partial charge in [-0.2, -0.15) is 0 Å². The topological polar surface area (TPSA) is 23.9 Å². The van der Waals surface area contributed by atoms with Crippen LogP contribution in [0.4, 0.5) is 0 Å². The zero-order valence-corrected chi connectivity index (χ0v) is 17.9. The van der Waals surface area contributed by atoms with Crippen LogP contribution in [-0.4, -0.2) is 6.21 Å². The third-order valence-electron chi connectivity index (χ3n) is 9.11. The van der Waals surface area contributed by atoms with E-state index in [1.54, 1.807) is 6.08 Å². The minimum Gasteiger partial charge on any atom is -0.308 e. The summed E-state index contributed by atoms with van der Waals surface area (Å²) >= 11 is 0. The molecule has 1 heteroatoms. The molecular weight excluding hydrogens is 338 g/mol. The Kier molecular flexibility index (Phi) is 5.81. The fourth-order valence-corrected chi connectivity index (χ4v) is 7.75. The molecule has 3 fully saturated rings. The van der Waals surface area contributed by atoms with E-state index < -0.39 is 0 Å². The molecule has 1 nitrogen and oxygen atoms in total. The summed E-state index contributed by atoms with van der Waals surface area (Å²) in [7, 11) is 0. The van der Waals surface area contributed by atoms with Crippen LogP contribution >= 0.6 is 0 Å². The van der Waals surface area contributed by atoms with Crippen LogP contribution in [0.15, 0.2) is 48.1 Å². The molecule has 0 heterocycles. The average molecular weight is 378 g/mol. The molecule has 1 N–H and O–H groups in total. The van der Waals surface area contributed by atoms with Crippen molar-refractivity contribution in [2.24, 2.45) is 35.0 Å². The predicted molar refractivity (Wildman–Crippen MR) is 121 cm³/mol. The number of fused-ring (bicyclic) bond motifs is 5. The lowest BCUT2D eigenvalue weighted by Crippen LogP contribution is -2.45. The highest BCUT2D eigenvalue weighted by atomic mass is 14.6. The second-order valence-electron chi connectivity index (χ2n) is 10.3. The van der Waals surface area contributed by atoms with Crippen molar-refractivity contribution in [1.29, 1.82) is 5.41 Å². The molecule has 3 saturated carbocycles. The van der Waals surface area contributed by atoms with E-state index in [1.807, 2.05) is 11.6 Å². The Hall–Kier alpha value is -1.37. The number of allylic oxidation sites excluding steroid dienone is 6. The molecule has 0 aromatic carbocycles. The van der Waals surface area contributed by atoms with Crippen LogP contribution in [0, 0.1) is 40.4 Å². The monoisotopic (exact) mass is 377 g/mol. The zero-order valence-electron chi connectivity index (χ0n) is 17.9. The van der Waals surface area contributed by atoms with Gasteiger partial charge in [-0.15, -0.1) is 0 Å². The van der Waals surface area contributed by atoms with Gasteiger partial charge < -0.3 is 5.41 Å². The molecular formula is C27H39N. The molecule has 0 saturated heterocycles. The van der Waals surface area contributed by atoms with Gasteiger partial charge in [-0.3, -0.25) is 0 Å². The molecule has 0 aliphatic heterocycles. The standard InChI is InChI=1S/C27H39N/c1-4-7-20(18-28)11-10-19(2)25-14-15-26-24-13-12-21-8-5-6-9-22(21)23(24)16-17-27(25,26)3/h4,7,12,18,22-26,28H,1-2,5-6,8-11,13-17H2,3H3/b20-7-,28-18?. The second-order valence-corrected chi connectivity index (χ2v) is 10.3. The lowest BCUT2D eigenvalue weighted by atomic mass is 9.51. The summed E-state index contributed by atoms with van der Waals surface area (Å²) in [6.45, 7) is 11.0. The van der Waals surface area contributed by atoms with E-state index in [-0.39, 0.29) is 0 Å². The van der Waals surface area contributed by atoms with E-state index in [9.17, 15) is 0 Å². The van der Waals surface area contributed by atoms with Crippen molar-refractivity contribution in [3.05, 3.63) is 48.1 Å². The molecule has 0 radical (unpaired) electrons. The van der Waals surface area contributed by atoms with E-state index in [0.29, 0.717) is 11.3 Å². The van der Waals surface area contributed by atoms with Gasteiger partial charge in [-0.1, -0.05) is 55.9 Å². The smallest absolute Gasteiger partial charge is 0.0209 e. The lowest BCUT2D eigenvalue weighted by Gasteiger charge is -2.53. The third kappa shape index (κ3) is 3.40. The first kappa shape index (κ1) is 19.9. The Balaban J connectivity index is 1.47. The van der Waals surface area contributed by atoms with Gasteiger partial charge in [-0.05, 0) is 105 Å². The largest absolute Gasteiger partial charge is 0.308 e. The van der Waals surface area contributed by atoms with Crippen molar-refractivity contribution in [2.45, 2.75) is 77.6 Å². The summed E-state index contributed by atoms with van der Waals surface area (Å²) in [6, 6.07) is 0. The molecule has 6 unspecified atom stereocenters. The minimum atomic E-state index is 0.464. The van der Waals surface area contributed by atoms with Crippen LogP contribution in [0.2, 0.25) is 0 Å². The molecule has 0 bridgehead atoms. The van der Waals surface area contributed by atoms with Gasteiger partial charge in [0.05, 0.1) is 0 Å². The highest BCUT2D eigenvalue weighted by molar-refractivity contribution is 5.76. The molecule has 4 aliphatic carbocycles. The minimum absolute atomic E-state index is 0.464. The van der Waals surface area contributed by atoms with Crippen molar-refractivity contribution >= 4 is 6.21 Å². The summed E-state index contributed by atoms with van der Waals surface area (Å²) in [6.07, 6.45) is 22.6. The number of nitrogens with one attached hydrogen (secondary N) is 1. The van der Waals surface area contributed by atoms with Crippen LogP contribution in [0.1, 0.15) is 77.6 Å². The average Bonchev–Trinajstić information content (AvgIpc) is 3.08. The Labute approximate surface area is 172 Å². The van der Waals surface area contributed by atoms with Crippen molar-refractivity contribution in [3.8, 4) is 0 Å². The van der Waals surface area contributed by atoms with E-state index >= 15 is 0 Å². The Morgan fingerprint density at radius 2 is 2.04 bits per heavy atom. The van der Waals surface area contributed by atoms with Gasteiger partial charge in [0.25, 0.3) is 0 Å². The fourth-order valence-electron chi connectivity index (χ4n) is 7.75. The van der Waals surface area contributed by atoms with Crippen LogP contribution < -0.4 is 0 Å². The van der Waals surface area contributed by atoms with E-state index in [1.165, 1.54) is 69.6 Å². The summed E-state index contributed by atoms with van der Waals surface area (Å²) in [5.74, 6) is 4.43. The molecule has 4 rings (SSSR count). The maximum Gasteiger partial charge on any atom is 0.0209 e. The van der Waals surface area contributed by atoms with Gasteiger partial charge >= 0.3 is 0 Å². The van der Waals surface area contributed by atoms with Crippen LogP contribution in [0.25, 0.3) is 0 Å². The quantitative estimate of drug-likeness (QED) is 0.279. The summed E-state index contributed by atoms with van der Waals surface area (Å²) in [4.78, 5) is 0. The highest BCUT2D eigenvalue weighted by Gasteiger charge is 2.55. The molecule has 0 spiro atoms. The van der Waals surface area contributed by atoms with Crippen molar-refractivity contribution in [2.75, 3.05) is 0 Å². The van der Waals surface area contributed by atoms with Gasteiger partial charge in [0.1, 0.15) is 0 Å². The number of rotatable bonds is 6. The summed E-state index contributed by atoms with van der Waals surface area (Å²) in [5.41, 5.74) is 4.82. The highest BCUT2D eigenvalue weighted by Crippen LogP contribution is 2.64. The third-order valence-corrected chi connectivity index (χ3v) is 9.11. The van der Waals surface area contributed by atoms with E-state index in [0.717, 1.165) is 42.1 Å². The first-order valence-electron chi connectivity index (χ1n) is 11.8. The molecule has 0 aromatic rings. The van der Waals surface area contributed by atoms with E-state index in [4.69, 9.17) is 5.41 Å². The first-order chi connectivity index (χ1) is 13.6. The molecule has 6 atom stereocenters.